The van der Waals surface area contributed by atoms with Crippen molar-refractivity contribution in [1.82, 2.24) is 9.97 Å². The maximum Gasteiger partial charge on any atom is 0.120 e. The van der Waals surface area contributed by atoms with E-state index in [1.54, 1.807) is 6.20 Å². The van der Waals surface area contributed by atoms with Gasteiger partial charge in [0.1, 0.15) is 5.58 Å². The largest absolute Gasteiger partial charge is 0.501 e. The van der Waals surface area contributed by atoms with Gasteiger partial charge in [0.15, 0.2) is 0 Å². The van der Waals surface area contributed by atoms with Crippen LogP contribution in [0.25, 0.3) is 44.5 Å². The Balaban J connectivity index is 0.000000205. The SMILES string of the molecule is [2H]C(C)(C)c1cc(-c2[c-]ccc(C([2H])(C)c3ccccc3)c2)ncc1[Si](C)(C)C.[2H]C(C)(C)c1ccnc(-c2[c-]ccc3c2oc2ccccc23)c1.[Ir]. The Morgan fingerprint density at radius 1 is 0.680 bits per heavy atom. The fourth-order valence-electron chi connectivity index (χ4n) is 6.08. The molecule has 50 heavy (non-hydrogen) atoms. The van der Waals surface area contributed by atoms with Crippen LogP contribution in [0.3, 0.4) is 0 Å². The van der Waals surface area contributed by atoms with Gasteiger partial charge >= 0.3 is 0 Å². The molecule has 0 aliphatic rings. The van der Waals surface area contributed by atoms with Crippen molar-refractivity contribution in [3.8, 4) is 22.5 Å². The van der Waals surface area contributed by atoms with Crippen molar-refractivity contribution < 1.29 is 28.6 Å². The molecule has 0 aliphatic carbocycles. The van der Waals surface area contributed by atoms with E-state index in [-0.39, 0.29) is 20.1 Å². The van der Waals surface area contributed by atoms with Crippen molar-refractivity contribution in [2.75, 3.05) is 0 Å². The molecule has 4 aromatic carbocycles. The molecule has 5 heteroatoms. The summed E-state index contributed by atoms with van der Waals surface area (Å²) in [6.45, 7) is 16.4. The van der Waals surface area contributed by atoms with Crippen LogP contribution in [0.4, 0.5) is 0 Å². The van der Waals surface area contributed by atoms with Crippen molar-refractivity contribution >= 4 is 35.2 Å². The number of hydrogen-bond donors (Lipinski definition) is 0. The van der Waals surface area contributed by atoms with Gasteiger partial charge in [0, 0.05) is 42.0 Å². The zero-order chi connectivity index (χ0) is 37.5. The van der Waals surface area contributed by atoms with E-state index in [0.29, 0.717) is 0 Å². The third-order valence-electron chi connectivity index (χ3n) is 8.90. The summed E-state index contributed by atoms with van der Waals surface area (Å²) in [5.41, 5.74) is 8.77. The van der Waals surface area contributed by atoms with E-state index >= 15 is 0 Å². The van der Waals surface area contributed by atoms with Crippen molar-refractivity contribution in [3.63, 3.8) is 0 Å². The van der Waals surface area contributed by atoms with Crippen LogP contribution in [0.2, 0.25) is 19.6 Å². The van der Waals surface area contributed by atoms with Crippen molar-refractivity contribution in [2.45, 2.75) is 71.9 Å². The Kier molecular flexibility index (Phi) is 10.4. The van der Waals surface area contributed by atoms with Gasteiger partial charge in [0.25, 0.3) is 0 Å². The number of rotatable bonds is 7. The molecular weight excluding hydrogens is 805 g/mol. The van der Waals surface area contributed by atoms with Crippen LogP contribution < -0.4 is 5.19 Å². The number of para-hydroxylation sites is 1. The van der Waals surface area contributed by atoms with Crippen molar-refractivity contribution in [2.24, 2.45) is 0 Å². The molecule has 0 amide bonds. The van der Waals surface area contributed by atoms with Crippen LogP contribution in [0.5, 0.6) is 0 Å². The summed E-state index contributed by atoms with van der Waals surface area (Å²) in [4.78, 5) is 9.21. The molecule has 3 heterocycles. The van der Waals surface area contributed by atoms with Crippen LogP contribution in [-0.4, -0.2) is 18.0 Å². The standard InChI is InChI=1S/C25H30NSi.C20H16NO.Ir/c1-18(2)23-16-24(26-17-25(23)27(4,5)6)22-14-10-13-21(15-22)19(3)20-11-8-7-9-12-20;1-13(2)14-10-11-21-18(12-14)17-8-5-7-16-15-6-3-4-9-19(15)22-20(16)17;/h7-13,15-19H,1-6H3;3-7,9-13H,1-2H3;/q2*-1;/i18D,19D;13D;. The second-order valence-electron chi connectivity index (χ2n) is 14.0. The molecule has 0 spiro atoms. The molecule has 0 fully saturated rings. The first kappa shape index (κ1) is 33.0. The number of benzene rings is 4. The van der Waals surface area contributed by atoms with Crippen molar-refractivity contribution in [3.05, 3.63) is 150 Å². The Bertz CT molecular complexity index is 2350. The number of nitrogens with zero attached hydrogens (tertiary/aromatic N) is 2. The Morgan fingerprint density at radius 2 is 1.40 bits per heavy atom. The van der Waals surface area contributed by atoms with E-state index in [0.717, 1.165) is 66.7 Å². The second-order valence-corrected chi connectivity index (χ2v) is 19.0. The zero-order valence-corrected chi connectivity index (χ0v) is 33.5. The third kappa shape index (κ3) is 8.07. The fourth-order valence-corrected chi connectivity index (χ4v) is 7.66. The van der Waals surface area contributed by atoms with Crippen molar-refractivity contribution in [1.29, 1.82) is 0 Å². The minimum Gasteiger partial charge on any atom is -0.501 e. The van der Waals surface area contributed by atoms with E-state index in [4.69, 9.17) is 13.5 Å². The molecule has 257 valence electrons. The van der Waals surface area contributed by atoms with Gasteiger partial charge in [-0.3, -0.25) is 0 Å². The van der Waals surface area contributed by atoms with Gasteiger partial charge in [-0.2, -0.15) is 0 Å². The van der Waals surface area contributed by atoms with Crippen LogP contribution in [-0.2, 0) is 20.1 Å². The average molecular weight is 854 g/mol. The normalized spacial score (nSPS) is 14.0. The van der Waals surface area contributed by atoms with Gasteiger partial charge in [-0.25, -0.2) is 0 Å². The second kappa shape index (κ2) is 15.8. The molecule has 0 bridgehead atoms. The van der Waals surface area contributed by atoms with Gasteiger partial charge in [-0.1, -0.05) is 137 Å². The monoisotopic (exact) mass is 854 g/mol. The third-order valence-corrected chi connectivity index (χ3v) is 10.9. The number of aromatic nitrogens is 2. The molecule has 0 aliphatic heterocycles. The molecule has 1 unspecified atom stereocenters. The molecule has 7 aromatic rings. The summed E-state index contributed by atoms with van der Waals surface area (Å²) in [6, 6.07) is 40.1. The summed E-state index contributed by atoms with van der Waals surface area (Å²) < 4.78 is 31.9. The maximum absolute atomic E-state index is 8.97. The van der Waals surface area contributed by atoms with Gasteiger partial charge in [-0.05, 0) is 52.0 Å². The van der Waals surface area contributed by atoms with Crippen LogP contribution in [0.1, 0.15) is 78.7 Å². The molecule has 1 atom stereocenters. The predicted molar refractivity (Wildman–Crippen MR) is 209 cm³/mol. The first-order chi connectivity index (χ1) is 24.4. The fraction of sp³-hybridized carbons (Fsp3) is 0.244. The molecule has 0 saturated carbocycles. The van der Waals surface area contributed by atoms with Gasteiger partial charge in [-0.15, -0.1) is 53.6 Å². The molecule has 0 N–H and O–H groups in total. The topological polar surface area (TPSA) is 38.9 Å². The van der Waals surface area contributed by atoms with Crippen LogP contribution in [0, 0.1) is 12.1 Å². The number of pyridine rings is 2. The minimum atomic E-state index is -1.62. The van der Waals surface area contributed by atoms with E-state index in [1.807, 2.05) is 132 Å². The Labute approximate surface area is 316 Å². The summed E-state index contributed by atoms with van der Waals surface area (Å²) in [5, 5.41) is 3.38. The smallest absolute Gasteiger partial charge is 0.120 e. The van der Waals surface area contributed by atoms with E-state index in [9.17, 15) is 0 Å². The van der Waals surface area contributed by atoms with Gasteiger partial charge in [0.05, 0.1) is 13.7 Å². The first-order valence-electron chi connectivity index (χ1n) is 18.3. The number of fused-ring (bicyclic) bond motifs is 3. The average Bonchev–Trinajstić information content (AvgIpc) is 3.50. The van der Waals surface area contributed by atoms with E-state index < -0.39 is 25.8 Å². The molecular formula is C45H46IrN2OSi-2. The Hall–Kier alpha value is -4.15. The molecule has 3 nitrogen and oxygen atoms in total. The predicted octanol–water partition coefficient (Wildman–Crippen LogP) is 11.9. The molecule has 0 saturated heterocycles. The summed E-state index contributed by atoms with van der Waals surface area (Å²) in [6.07, 6.45) is 3.71. The zero-order valence-electron chi connectivity index (χ0n) is 33.1. The maximum atomic E-state index is 8.97. The Morgan fingerprint density at radius 3 is 2.12 bits per heavy atom. The first-order valence-corrected chi connectivity index (χ1v) is 20.3. The minimum absolute atomic E-state index is 0. The van der Waals surface area contributed by atoms with Gasteiger partial charge < -0.3 is 14.4 Å². The molecule has 1 radical (unpaired) electrons. The molecule has 7 rings (SSSR count). The van der Waals surface area contributed by atoms with Crippen LogP contribution >= 0.6 is 0 Å². The quantitative estimate of drug-likeness (QED) is 0.118. The van der Waals surface area contributed by atoms with E-state index in [2.05, 4.69) is 48.9 Å². The summed E-state index contributed by atoms with van der Waals surface area (Å²) in [7, 11) is -1.62. The molecule has 3 aromatic heterocycles. The van der Waals surface area contributed by atoms with Gasteiger partial charge in [0.2, 0.25) is 0 Å². The van der Waals surface area contributed by atoms with Crippen LogP contribution in [0.15, 0.2) is 120 Å². The summed E-state index contributed by atoms with van der Waals surface area (Å²) in [5.74, 6) is -2.22. The number of hydrogen-bond acceptors (Lipinski definition) is 3. The summed E-state index contributed by atoms with van der Waals surface area (Å²) >= 11 is 0. The van der Waals surface area contributed by atoms with E-state index in [1.165, 1.54) is 5.19 Å². The number of furan rings is 1.